The van der Waals surface area contributed by atoms with Crippen molar-refractivity contribution in [3.8, 4) is 22.8 Å². The third-order valence-electron chi connectivity index (χ3n) is 18.4. The number of Topliss-reactive ketones (excluding diaryl/α,β-unsaturated/α-hetero) is 1. The highest BCUT2D eigenvalue weighted by Crippen LogP contribution is 2.63. The van der Waals surface area contributed by atoms with Gasteiger partial charge < -0.3 is 29.6 Å². The first-order valence-corrected chi connectivity index (χ1v) is 27.1. The summed E-state index contributed by atoms with van der Waals surface area (Å²) >= 11 is 13.3. The summed E-state index contributed by atoms with van der Waals surface area (Å²) in [7, 11) is 12.6. The summed E-state index contributed by atoms with van der Waals surface area (Å²) in [4.78, 5) is 32.4. The Hall–Kier alpha value is -4.14. The first-order valence-electron chi connectivity index (χ1n) is 26.4. The van der Waals surface area contributed by atoms with Gasteiger partial charge in [0.1, 0.15) is 17.3 Å². The first kappa shape index (κ1) is 51.4. The Kier molecular flexibility index (Phi) is 14.6. The molecular weight excluding hydrogens is 940 g/mol. The molecule has 2 N–H and O–H groups in total. The quantitative estimate of drug-likeness (QED) is 0.112. The van der Waals surface area contributed by atoms with Crippen LogP contribution in [0.4, 0.5) is 0 Å². The van der Waals surface area contributed by atoms with Gasteiger partial charge in [0.15, 0.2) is 5.78 Å². The van der Waals surface area contributed by atoms with Crippen molar-refractivity contribution in [3.05, 3.63) is 136 Å². The molecular formula is C59H76Cl2N8O3. The minimum atomic E-state index is -0.794. The summed E-state index contributed by atoms with van der Waals surface area (Å²) in [6.45, 7) is 11.3. The number of ether oxygens (including phenoxy) is 2. The van der Waals surface area contributed by atoms with Crippen LogP contribution in [0.5, 0.6) is 11.5 Å². The van der Waals surface area contributed by atoms with E-state index in [0.717, 1.165) is 77.8 Å². The molecule has 1 saturated carbocycles. The summed E-state index contributed by atoms with van der Waals surface area (Å²) in [6.07, 6.45) is 6.16. The zero-order valence-corrected chi connectivity index (χ0v) is 45.5. The van der Waals surface area contributed by atoms with Crippen molar-refractivity contribution >= 4 is 29.0 Å². The third kappa shape index (κ3) is 8.76. The number of carbonyl (C=O) groups excluding carboxylic acids is 1. The summed E-state index contributed by atoms with van der Waals surface area (Å²) < 4.78 is 15.2. The molecule has 5 aromatic rings. The molecule has 72 heavy (non-hydrogen) atoms. The Morgan fingerprint density at radius 2 is 1.53 bits per heavy atom. The molecule has 13 atom stereocenters. The maximum absolute atomic E-state index is 17.6. The minimum absolute atomic E-state index is 0.0157. The van der Waals surface area contributed by atoms with Gasteiger partial charge in [-0.1, -0.05) is 78.7 Å². The average molecular weight is 1020 g/mol. The molecule has 0 radical (unpaired) electrons. The number of piperidine rings is 1. The number of likely N-dealkylation sites (tertiary alicyclic amines) is 2. The third-order valence-corrected chi connectivity index (χ3v) is 18.9. The molecule has 1 aromatic heterocycles. The zero-order valence-electron chi connectivity index (χ0n) is 44.0. The normalized spacial score (nSPS) is 32.8. The number of halogens is 2. The van der Waals surface area contributed by atoms with Gasteiger partial charge in [0.05, 0.1) is 35.9 Å². The summed E-state index contributed by atoms with van der Waals surface area (Å²) in [5.74, 6) is 3.10. The van der Waals surface area contributed by atoms with Crippen molar-refractivity contribution in [2.75, 3.05) is 41.9 Å². The minimum Gasteiger partial charge on any atom is -0.457 e. The fraction of sp³-hybridized carbons (Fsp3) is 0.525. The molecule has 5 aliphatic rings. The molecule has 1 aliphatic carbocycles. The number of hydrogen-bond donors (Lipinski definition) is 2. The van der Waals surface area contributed by atoms with Crippen molar-refractivity contribution in [2.45, 2.75) is 133 Å². The van der Waals surface area contributed by atoms with Crippen molar-refractivity contribution in [2.24, 2.45) is 23.8 Å². The first-order chi connectivity index (χ1) is 34.6. The van der Waals surface area contributed by atoms with Gasteiger partial charge in [-0.25, -0.2) is 4.98 Å². The van der Waals surface area contributed by atoms with E-state index >= 15 is 4.79 Å². The highest BCUT2D eigenvalue weighted by molar-refractivity contribution is 6.31. The lowest BCUT2D eigenvalue weighted by Gasteiger charge is -2.57. The molecule has 13 heteroatoms. The van der Waals surface area contributed by atoms with Crippen LogP contribution in [0.15, 0.2) is 103 Å². The topological polar surface area (TPSA) is 90.4 Å². The lowest BCUT2D eigenvalue weighted by atomic mass is 9.54. The number of likely N-dealkylation sites (N-methyl/N-ethyl adjacent to an activating group) is 2. The van der Waals surface area contributed by atoms with Crippen molar-refractivity contribution < 1.29 is 14.3 Å². The number of aromatic nitrogens is 2. The van der Waals surface area contributed by atoms with Crippen LogP contribution in [-0.4, -0.2) is 137 Å². The molecule has 384 valence electrons. The maximum Gasteiger partial charge on any atom is 0.153 e. The van der Waals surface area contributed by atoms with E-state index in [9.17, 15) is 0 Å². The predicted octanol–water partition coefficient (Wildman–Crippen LogP) is 9.39. The summed E-state index contributed by atoms with van der Waals surface area (Å²) in [6, 6.07) is 33.5. The van der Waals surface area contributed by atoms with E-state index in [0.29, 0.717) is 24.0 Å². The Morgan fingerprint density at radius 1 is 0.819 bits per heavy atom. The fourth-order valence-electron chi connectivity index (χ4n) is 15.0. The zero-order chi connectivity index (χ0) is 50.8. The fourth-order valence-corrected chi connectivity index (χ4v) is 15.3. The monoisotopic (exact) mass is 1010 g/mol. The lowest BCUT2D eigenvalue weighted by Crippen LogP contribution is -2.74. The van der Waals surface area contributed by atoms with E-state index in [-0.39, 0.29) is 66.3 Å². The highest BCUT2D eigenvalue weighted by atomic mass is 35.5. The molecule has 11 nitrogen and oxygen atoms in total. The summed E-state index contributed by atoms with van der Waals surface area (Å²) in [5, 5.41) is 9.94. The van der Waals surface area contributed by atoms with Crippen LogP contribution < -0.4 is 15.4 Å². The van der Waals surface area contributed by atoms with Crippen LogP contribution in [0, 0.1) is 16.7 Å². The molecule has 1 spiro atoms. The number of methoxy groups -OCH3 is 1. The van der Waals surface area contributed by atoms with Gasteiger partial charge in [0.2, 0.25) is 0 Å². The smallest absolute Gasteiger partial charge is 0.153 e. The molecule has 0 amide bonds. The summed E-state index contributed by atoms with van der Waals surface area (Å²) in [5.41, 5.74) is 4.20. The second kappa shape index (κ2) is 20.5. The van der Waals surface area contributed by atoms with Crippen molar-refractivity contribution in [1.29, 1.82) is 0 Å². The number of rotatable bonds is 14. The van der Waals surface area contributed by atoms with Crippen molar-refractivity contribution in [1.82, 2.24) is 39.8 Å². The Balaban J connectivity index is 1.10. The molecule has 2 bridgehead atoms. The van der Waals surface area contributed by atoms with Crippen LogP contribution in [0.2, 0.25) is 10.0 Å². The highest BCUT2D eigenvalue weighted by Gasteiger charge is 2.77. The number of benzene rings is 4. The van der Waals surface area contributed by atoms with Gasteiger partial charge in [-0.3, -0.25) is 19.5 Å². The molecule has 10 rings (SSSR count). The van der Waals surface area contributed by atoms with Crippen LogP contribution in [-0.2, 0) is 42.5 Å². The number of imidazole rings is 1. The molecule has 4 saturated heterocycles. The lowest BCUT2D eigenvalue weighted by molar-refractivity contribution is -0.154. The van der Waals surface area contributed by atoms with Crippen LogP contribution >= 0.6 is 23.2 Å². The predicted molar refractivity (Wildman–Crippen MR) is 290 cm³/mol. The Bertz CT molecular complexity index is 2700. The average Bonchev–Trinajstić information content (AvgIpc) is 4.01. The molecule has 5 heterocycles. The molecule has 4 aliphatic heterocycles. The van der Waals surface area contributed by atoms with E-state index < -0.39 is 10.8 Å². The van der Waals surface area contributed by atoms with Gasteiger partial charge in [0, 0.05) is 102 Å². The molecule has 5 fully saturated rings. The van der Waals surface area contributed by atoms with Crippen LogP contribution in [0.1, 0.15) is 69.5 Å². The SMILES string of the molecule is CCC12C(=O)C34C5C[C@H](Cc6ccc(Cl)cc6)N(C)C3[C@@H](COC)NC4[C@H](C)N(Cc3ccc(Cl)cc3Oc3ccc(-c4cnc(CN(C)C)n4C)cc3)C1C[C@@H](Cc1ccccc1)C2N(C)[C@@H](C)[C@H](C)N5. The maximum atomic E-state index is 17.6. The van der Waals surface area contributed by atoms with Gasteiger partial charge >= 0.3 is 0 Å². The number of carbonyl (C=O) groups is 1. The second-order valence-electron chi connectivity index (χ2n) is 22.4. The van der Waals surface area contributed by atoms with E-state index in [2.05, 4.69) is 158 Å². The van der Waals surface area contributed by atoms with Gasteiger partial charge in [0.25, 0.3) is 0 Å². The van der Waals surface area contributed by atoms with E-state index in [1.807, 2.05) is 42.6 Å². The molecule has 4 aromatic carbocycles. The van der Waals surface area contributed by atoms with Gasteiger partial charge in [-0.15, -0.1) is 0 Å². The van der Waals surface area contributed by atoms with Crippen LogP contribution in [0.3, 0.4) is 0 Å². The standard InChI is InChI=1S/C59H76Cl2N8O3/c1-11-58-52-29-43(27-39-15-13-12-14-16-39)55(58)66(7)37(3)36(2)63-51-31-46(28-40-17-22-44(60)23-18-40)67(8)56-48(35-71-10)64-54(59(51,56)57(58)70)38(4)69(52)33-42-19-24-45(61)30-50(42)72-47-25-20-41(21-26-47)49-32-62-53(68(49)9)34-65(5)6/h12-26,30,32,36-38,43,46,48,51-52,54-56,63-64H,11,27-29,31,33-35H2,1-10H3/t36-,37-,38-,43+,46-,48+,51?,52?,54?,55?,56?,58?,59?/m0/s1. The number of hydrogen-bond acceptors (Lipinski definition) is 10. The largest absolute Gasteiger partial charge is 0.457 e. The van der Waals surface area contributed by atoms with Crippen LogP contribution in [0.25, 0.3) is 11.3 Å². The van der Waals surface area contributed by atoms with Gasteiger partial charge in [-0.2, -0.15) is 0 Å². The number of nitrogens with one attached hydrogen (secondary N) is 2. The Morgan fingerprint density at radius 3 is 2.22 bits per heavy atom. The molecule has 7 unspecified atom stereocenters. The van der Waals surface area contributed by atoms with E-state index in [1.54, 1.807) is 7.11 Å². The van der Waals surface area contributed by atoms with Crippen molar-refractivity contribution in [3.63, 3.8) is 0 Å². The second-order valence-corrected chi connectivity index (χ2v) is 23.3. The van der Waals surface area contributed by atoms with E-state index in [1.165, 1.54) is 11.1 Å². The number of ketones is 1. The van der Waals surface area contributed by atoms with Gasteiger partial charge in [-0.05, 0) is 147 Å². The Labute approximate surface area is 438 Å². The number of nitrogens with zero attached hydrogens (tertiary/aromatic N) is 6. The van der Waals surface area contributed by atoms with E-state index in [4.69, 9.17) is 37.7 Å².